The van der Waals surface area contributed by atoms with E-state index >= 15 is 0 Å². The molecule has 0 amide bonds. The molecule has 0 saturated carbocycles. The van der Waals surface area contributed by atoms with E-state index in [0.717, 1.165) is 6.42 Å². The topological polar surface area (TPSA) is 35.8 Å². The third kappa shape index (κ3) is 5.40. The summed E-state index contributed by atoms with van der Waals surface area (Å²) in [6.45, 7) is 11.3. The quantitative estimate of drug-likeness (QED) is 0.890. The summed E-state index contributed by atoms with van der Waals surface area (Å²) in [7, 11) is 0. The van der Waals surface area contributed by atoms with Gasteiger partial charge in [0.1, 0.15) is 5.82 Å². The van der Waals surface area contributed by atoms with Gasteiger partial charge in [0.2, 0.25) is 0 Å². The fourth-order valence-corrected chi connectivity index (χ4v) is 2.54. The second-order valence-electron chi connectivity index (χ2n) is 6.89. The molecule has 0 aliphatic rings. The van der Waals surface area contributed by atoms with Gasteiger partial charge in [-0.15, -0.1) is 0 Å². The van der Waals surface area contributed by atoms with Gasteiger partial charge in [-0.1, -0.05) is 20.8 Å². The van der Waals surface area contributed by atoms with Crippen molar-refractivity contribution in [3.63, 3.8) is 0 Å². The van der Waals surface area contributed by atoms with Gasteiger partial charge in [-0.2, -0.15) is 5.26 Å². The van der Waals surface area contributed by atoms with E-state index in [4.69, 9.17) is 5.26 Å². The summed E-state index contributed by atoms with van der Waals surface area (Å²) in [4.78, 5) is 0. The van der Waals surface area contributed by atoms with E-state index in [1.165, 1.54) is 18.2 Å². The minimum absolute atomic E-state index is 0.0582. The molecule has 104 valence electrons. The van der Waals surface area contributed by atoms with Crippen molar-refractivity contribution < 1.29 is 4.39 Å². The van der Waals surface area contributed by atoms with Gasteiger partial charge in [-0.3, -0.25) is 0 Å². The molecule has 0 spiro atoms. The number of nitriles is 1. The van der Waals surface area contributed by atoms with E-state index in [1.54, 1.807) is 0 Å². The highest BCUT2D eigenvalue weighted by atomic mass is 19.1. The zero-order valence-corrected chi connectivity index (χ0v) is 12.5. The molecule has 0 aliphatic carbocycles. The van der Waals surface area contributed by atoms with Crippen LogP contribution in [0.2, 0.25) is 0 Å². The van der Waals surface area contributed by atoms with Crippen LogP contribution in [0.1, 0.15) is 52.2 Å². The predicted octanol–water partition coefficient (Wildman–Crippen LogP) is 4.00. The van der Waals surface area contributed by atoms with Crippen molar-refractivity contribution in [1.29, 1.82) is 5.26 Å². The normalized spacial score (nSPS) is 12.3. The lowest BCUT2D eigenvalue weighted by Crippen LogP contribution is -2.42. The van der Waals surface area contributed by atoms with Gasteiger partial charge in [-0.05, 0) is 49.4 Å². The summed E-state index contributed by atoms with van der Waals surface area (Å²) < 4.78 is 13.2. The van der Waals surface area contributed by atoms with Crippen LogP contribution in [0.15, 0.2) is 18.2 Å². The van der Waals surface area contributed by atoms with E-state index < -0.39 is 0 Å². The Morgan fingerprint density at radius 1 is 1.21 bits per heavy atom. The third-order valence-corrected chi connectivity index (χ3v) is 2.92. The SMILES string of the molecule is CC(C)(C)CC(C)(C)NCc1cc(F)ccc1C#N. The van der Waals surface area contributed by atoms with E-state index in [2.05, 4.69) is 46.0 Å². The van der Waals surface area contributed by atoms with Crippen LogP contribution in [0, 0.1) is 22.6 Å². The second-order valence-corrected chi connectivity index (χ2v) is 6.89. The molecule has 3 heteroatoms. The van der Waals surface area contributed by atoms with Gasteiger partial charge in [0.25, 0.3) is 0 Å². The fraction of sp³-hybridized carbons (Fsp3) is 0.562. The number of benzene rings is 1. The maximum absolute atomic E-state index is 13.2. The smallest absolute Gasteiger partial charge is 0.123 e. The Bertz CT molecular complexity index is 479. The van der Waals surface area contributed by atoms with Crippen molar-refractivity contribution in [2.75, 3.05) is 0 Å². The molecule has 0 radical (unpaired) electrons. The molecule has 1 aromatic carbocycles. The minimum Gasteiger partial charge on any atom is -0.308 e. The monoisotopic (exact) mass is 262 g/mol. The minimum atomic E-state index is -0.301. The van der Waals surface area contributed by atoms with E-state index in [1.807, 2.05) is 0 Å². The number of halogens is 1. The summed E-state index contributed by atoms with van der Waals surface area (Å²) in [5, 5.41) is 12.4. The molecule has 1 N–H and O–H groups in total. The molecule has 1 aromatic rings. The fourth-order valence-electron chi connectivity index (χ4n) is 2.54. The van der Waals surface area contributed by atoms with Crippen molar-refractivity contribution in [2.45, 2.75) is 53.1 Å². The van der Waals surface area contributed by atoms with Gasteiger partial charge in [-0.25, -0.2) is 4.39 Å². The first-order valence-corrected chi connectivity index (χ1v) is 6.56. The summed E-state index contributed by atoms with van der Waals surface area (Å²) in [6, 6.07) is 6.38. The summed E-state index contributed by atoms with van der Waals surface area (Å²) in [5.41, 5.74) is 1.40. The molecule has 2 nitrogen and oxygen atoms in total. The van der Waals surface area contributed by atoms with E-state index in [0.29, 0.717) is 17.7 Å². The van der Waals surface area contributed by atoms with Gasteiger partial charge >= 0.3 is 0 Å². The molecule has 0 fully saturated rings. The van der Waals surface area contributed by atoms with Crippen LogP contribution in [0.3, 0.4) is 0 Å². The lowest BCUT2D eigenvalue weighted by molar-refractivity contribution is 0.240. The predicted molar refractivity (Wildman–Crippen MR) is 76.1 cm³/mol. The maximum atomic E-state index is 13.2. The second kappa shape index (κ2) is 5.71. The molecule has 19 heavy (non-hydrogen) atoms. The third-order valence-electron chi connectivity index (χ3n) is 2.92. The van der Waals surface area contributed by atoms with Crippen molar-refractivity contribution >= 4 is 0 Å². The highest BCUT2D eigenvalue weighted by molar-refractivity contribution is 5.37. The molecule has 0 saturated heterocycles. The lowest BCUT2D eigenvalue weighted by atomic mass is 9.81. The van der Waals surface area contributed by atoms with Crippen LogP contribution in [-0.2, 0) is 6.54 Å². The van der Waals surface area contributed by atoms with Gasteiger partial charge < -0.3 is 5.32 Å². The van der Waals surface area contributed by atoms with Crippen LogP contribution in [0.5, 0.6) is 0 Å². The lowest BCUT2D eigenvalue weighted by Gasteiger charge is -2.33. The van der Waals surface area contributed by atoms with Crippen LogP contribution >= 0.6 is 0 Å². The largest absolute Gasteiger partial charge is 0.308 e. The maximum Gasteiger partial charge on any atom is 0.123 e. The number of nitrogens with zero attached hydrogens (tertiary/aromatic N) is 1. The van der Waals surface area contributed by atoms with Crippen LogP contribution in [0.25, 0.3) is 0 Å². The van der Waals surface area contributed by atoms with Gasteiger partial charge in [0, 0.05) is 12.1 Å². The average molecular weight is 262 g/mol. The zero-order valence-electron chi connectivity index (χ0n) is 12.5. The summed E-state index contributed by atoms with van der Waals surface area (Å²) >= 11 is 0. The molecule has 0 unspecified atom stereocenters. The van der Waals surface area contributed by atoms with E-state index in [9.17, 15) is 4.39 Å². The molecule has 0 bridgehead atoms. The molecular weight excluding hydrogens is 239 g/mol. The first-order valence-electron chi connectivity index (χ1n) is 6.56. The van der Waals surface area contributed by atoms with Crippen LogP contribution < -0.4 is 5.32 Å². The average Bonchev–Trinajstić information content (AvgIpc) is 2.23. The Hall–Kier alpha value is -1.40. The Labute approximate surface area is 115 Å². The Morgan fingerprint density at radius 3 is 2.37 bits per heavy atom. The molecule has 0 atom stereocenters. The molecular formula is C16H23FN2. The highest BCUT2D eigenvalue weighted by Gasteiger charge is 2.25. The molecule has 0 heterocycles. The van der Waals surface area contributed by atoms with Gasteiger partial charge in [0.05, 0.1) is 11.6 Å². The number of hydrogen-bond acceptors (Lipinski definition) is 2. The first kappa shape index (κ1) is 15.7. The Morgan fingerprint density at radius 2 is 1.84 bits per heavy atom. The molecule has 1 rings (SSSR count). The van der Waals surface area contributed by atoms with Crippen molar-refractivity contribution in [2.24, 2.45) is 5.41 Å². The van der Waals surface area contributed by atoms with Gasteiger partial charge in [0.15, 0.2) is 0 Å². The number of hydrogen-bond donors (Lipinski definition) is 1. The first-order chi connectivity index (χ1) is 8.63. The zero-order chi connectivity index (χ0) is 14.7. The molecule has 0 aromatic heterocycles. The Balaban J connectivity index is 2.77. The van der Waals surface area contributed by atoms with Crippen molar-refractivity contribution in [1.82, 2.24) is 5.32 Å². The number of nitrogens with one attached hydrogen (secondary N) is 1. The molecule has 0 aliphatic heterocycles. The van der Waals surface area contributed by atoms with Crippen LogP contribution in [0.4, 0.5) is 4.39 Å². The summed E-state index contributed by atoms with van der Waals surface area (Å²) in [5.74, 6) is -0.301. The number of rotatable bonds is 4. The highest BCUT2D eigenvalue weighted by Crippen LogP contribution is 2.27. The summed E-state index contributed by atoms with van der Waals surface area (Å²) in [6.07, 6.45) is 0.997. The standard InChI is InChI=1S/C16H23FN2/c1-15(2,3)11-16(4,5)19-10-13-8-14(17)7-6-12(13)9-18/h6-8,19H,10-11H2,1-5H3. The van der Waals surface area contributed by atoms with E-state index in [-0.39, 0.29) is 16.8 Å². The van der Waals surface area contributed by atoms with Crippen molar-refractivity contribution in [3.8, 4) is 6.07 Å². The van der Waals surface area contributed by atoms with Crippen LogP contribution in [-0.4, -0.2) is 5.54 Å². The van der Waals surface area contributed by atoms with Crippen molar-refractivity contribution in [3.05, 3.63) is 35.1 Å². The Kier molecular flexibility index (Phi) is 4.70.